The van der Waals surface area contributed by atoms with Crippen LogP contribution in [0.2, 0.25) is 0 Å². The molecule has 1 atom stereocenters. The minimum atomic E-state index is -0.227. The molecular formula is C24H35N5O3. The van der Waals surface area contributed by atoms with Crippen LogP contribution < -0.4 is 25.4 Å². The van der Waals surface area contributed by atoms with Gasteiger partial charge in [-0.05, 0) is 42.9 Å². The molecular weight excluding hydrogens is 406 g/mol. The molecule has 174 valence electrons. The standard InChI is InChI=1S/C24H35N5O3/c1-17-8-5-4-6-10-26-24-28-16-21(22(29-24)25-11-7-9-17)23(30)27-15-18-12-19(31-2)14-20(13-18)32-3/h12-14,16-17H,4-11,15H2,1-3H3,(H,27,30)(H2,25,26,28,29). The molecule has 1 unspecified atom stereocenters. The van der Waals surface area contributed by atoms with Crippen molar-refractivity contribution in [1.82, 2.24) is 15.3 Å². The average Bonchev–Trinajstić information content (AvgIpc) is 2.81. The van der Waals surface area contributed by atoms with E-state index in [-0.39, 0.29) is 5.91 Å². The van der Waals surface area contributed by atoms with E-state index in [2.05, 4.69) is 32.8 Å². The minimum absolute atomic E-state index is 0.227. The van der Waals surface area contributed by atoms with Crippen molar-refractivity contribution >= 4 is 17.7 Å². The van der Waals surface area contributed by atoms with Crippen LogP contribution in [0.4, 0.5) is 11.8 Å². The maximum absolute atomic E-state index is 13.0. The van der Waals surface area contributed by atoms with Crippen molar-refractivity contribution in [3.8, 4) is 11.5 Å². The molecule has 1 aliphatic heterocycles. The largest absolute Gasteiger partial charge is 0.497 e. The number of carbonyl (C=O) groups is 1. The average molecular weight is 442 g/mol. The Morgan fingerprint density at radius 2 is 1.75 bits per heavy atom. The second-order valence-electron chi connectivity index (χ2n) is 8.31. The van der Waals surface area contributed by atoms with Crippen LogP contribution >= 0.6 is 0 Å². The molecule has 0 saturated heterocycles. The molecule has 3 rings (SSSR count). The molecule has 0 radical (unpaired) electrons. The number of amides is 1. The summed E-state index contributed by atoms with van der Waals surface area (Å²) in [6.45, 7) is 4.26. The van der Waals surface area contributed by atoms with Gasteiger partial charge in [0.05, 0.1) is 14.2 Å². The normalized spacial score (nSPS) is 17.3. The molecule has 1 aliphatic rings. The van der Waals surface area contributed by atoms with Crippen LogP contribution in [-0.2, 0) is 6.54 Å². The van der Waals surface area contributed by atoms with E-state index in [1.807, 2.05) is 12.1 Å². The van der Waals surface area contributed by atoms with E-state index in [0.29, 0.717) is 35.4 Å². The second kappa shape index (κ2) is 12.1. The number of benzene rings is 1. The third-order valence-corrected chi connectivity index (χ3v) is 5.72. The van der Waals surface area contributed by atoms with Gasteiger partial charge in [0, 0.05) is 31.9 Å². The lowest BCUT2D eigenvalue weighted by atomic mass is 9.98. The zero-order valence-electron chi connectivity index (χ0n) is 19.4. The van der Waals surface area contributed by atoms with Crippen molar-refractivity contribution in [2.24, 2.45) is 5.92 Å². The minimum Gasteiger partial charge on any atom is -0.497 e. The Hall–Kier alpha value is -3.03. The molecule has 0 aliphatic carbocycles. The lowest BCUT2D eigenvalue weighted by Crippen LogP contribution is -2.25. The van der Waals surface area contributed by atoms with E-state index in [4.69, 9.17) is 9.47 Å². The molecule has 0 fully saturated rings. The van der Waals surface area contributed by atoms with Gasteiger partial charge < -0.3 is 25.4 Å². The molecule has 8 nitrogen and oxygen atoms in total. The molecule has 32 heavy (non-hydrogen) atoms. The predicted molar refractivity (Wildman–Crippen MR) is 127 cm³/mol. The number of nitrogens with one attached hydrogen (secondary N) is 3. The van der Waals surface area contributed by atoms with Crippen LogP contribution in [0.15, 0.2) is 24.4 Å². The van der Waals surface area contributed by atoms with Gasteiger partial charge in [0.2, 0.25) is 5.95 Å². The van der Waals surface area contributed by atoms with E-state index in [1.54, 1.807) is 26.5 Å². The maximum atomic E-state index is 13.0. The highest BCUT2D eigenvalue weighted by atomic mass is 16.5. The smallest absolute Gasteiger partial charge is 0.256 e. The van der Waals surface area contributed by atoms with Crippen molar-refractivity contribution in [3.63, 3.8) is 0 Å². The van der Waals surface area contributed by atoms with Gasteiger partial charge >= 0.3 is 0 Å². The van der Waals surface area contributed by atoms with Gasteiger partial charge in [-0.3, -0.25) is 4.79 Å². The van der Waals surface area contributed by atoms with Gasteiger partial charge in [-0.1, -0.05) is 26.2 Å². The summed E-state index contributed by atoms with van der Waals surface area (Å²) in [5.41, 5.74) is 1.32. The maximum Gasteiger partial charge on any atom is 0.256 e. The highest BCUT2D eigenvalue weighted by molar-refractivity contribution is 5.98. The molecule has 2 heterocycles. The van der Waals surface area contributed by atoms with Crippen molar-refractivity contribution in [2.75, 3.05) is 37.9 Å². The first-order valence-electron chi connectivity index (χ1n) is 11.4. The molecule has 1 aromatic carbocycles. The number of carbonyl (C=O) groups excluding carboxylic acids is 1. The van der Waals surface area contributed by atoms with Gasteiger partial charge in [-0.2, -0.15) is 4.98 Å². The van der Waals surface area contributed by atoms with E-state index >= 15 is 0 Å². The van der Waals surface area contributed by atoms with Crippen LogP contribution in [0.5, 0.6) is 11.5 Å². The lowest BCUT2D eigenvalue weighted by molar-refractivity contribution is 0.0951. The molecule has 1 amide bonds. The highest BCUT2D eigenvalue weighted by Crippen LogP contribution is 2.23. The van der Waals surface area contributed by atoms with Crippen LogP contribution in [0, 0.1) is 5.92 Å². The fourth-order valence-electron chi connectivity index (χ4n) is 3.81. The molecule has 3 N–H and O–H groups in total. The fraction of sp³-hybridized carbons (Fsp3) is 0.542. The first kappa shape index (κ1) is 23.6. The topological polar surface area (TPSA) is 97.4 Å². The predicted octanol–water partition coefficient (Wildman–Crippen LogP) is 4.24. The lowest BCUT2D eigenvalue weighted by Gasteiger charge is -2.16. The first-order chi connectivity index (χ1) is 15.6. The molecule has 1 aromatic heterocycles. The summed E-state index contributed by atoms with van der Waals surface area (Å²) >= 11 is 0. The number of nitrogens with zero attached hydrogens (tertiary/aromatic N) is 2. The van der Waals surface area contributed by atoms with Gasteiger partial charge in [0.1, 0.15) is 22.9 Å². The van der Waals surface area contributed by atoms with Crippen molar-refractivity contribution in [1.29, 1.82) is 0 Å². The summed E-state index contributed by atoms with van der Waals surface area (Å²) in [5, 5.41) is 9.59. The van der Waals surface area contributed by atoms with E-state index < -0.39 is 0 Å². The van der Waals surface area contributed by atoms with Crippen molar-refractivity contribution in [2.45, 2.75) is 52.0 Å². The zero-order chi connectivity index (χ0) is 22.8. The number of rotatable bonds is 5. The Morgan fingerprint density at radius 3 is 2.50 bits per heavy atom. The summed E-state index contributed by atoms with van der Waals surface area (Å²) in [4.78, 5) is 21.9. The quantitative estimate of drug-likeness (QED) is 0.638. The van der Waals surface area contributed by atoms with E-state index in [9.17, 15) is 4.79 Å². The molecule has 8 heteroatoms. The monoisotopic (exact) mass is 441 g/mol. The van der Waals surface area contributed by atoms with Crippen LogP contribution in [-0.4, -0.2) is 43.2 Å². The van der Waals surface area contributed by atoms with Crippen molar-refractivity contribution in [3.05, 3.63) is 35.5 Å². The SMILES string of the molecule is COc1cc(CNC(=O)c2cnc3nc2NCCCC(C)CCCCCN3)cc(OC)c1. The second-order valence-corrected chi connectivity index (χ2v) is 8.31. The number of hydrogen-bond donors (Lipinski definition) is 3. The summed E-state index contributed by atoms with van der Waals surface area (Å²) in [6.07, 6.45) is 8.63. The van der Waals surface area contributed by atoms with E-state index in [1.165, 1.54) is 25.7 Å². The summed E-state index contributed by atoms with van der Waals surface area (Å²) < 4.78 is 10.6. The number of methoxy groups -OCH3 is 2. The van der Waals surface area contributed by atoms with Crippen LogP contribution in [0.3, 0.4) is 0 Å². The molecule has 0 spiro atoms. The van der Waals surface area contributed by atoms with Gasteiger partial charge in [0.25, 0.3) is 5.91 Å². The Kier molecular flexibility index (Phi) is 8.95. The summed E-state index contributed by atoms with van der Waals surface area (Å²) in [7, 11) is 3.21. The highest BCUT2D eigenvalue weighted by Gasteiger charge is 2.16. The number of fused-ring (bicyclic) bond motifs is 2. The van der Waals surface area contributed by atoms with Crippen molar-refractivity contribution < 1.29 is 14.3 Å². The Bertz CT molecular complexity index is 868. The first-order valence-corrected chi connectivity index (χ1v) is 11.4. The van der Waals surface area contributed by atoms with E-state index in [0.717, 1.165) is 37.4 Å². The Labute approximate surface area is 190 Å². The van der Waals surface area contributed by atoms with Crippen LogP contribution in [0.1, 0.15) is 61.4 Å². The van der Waals surface area contributed by atoms with Gasteiger partial charge in [-0.15, -0.1) is 0 Å². The molecule has 0 saturated carbocycles. The van der Waals surface area contributed by atoms with Gasteiger partial charge in [0.15, 0.2) is 0 Å². The Morgan fingerprint density at radius 1 is 1.03 bits per heavy atom. The third kappa shape index (κ3) is 7.00. The third-order valence-electron chi connectivity index (χ3n) is 5.72. The molecule has 2 aromatic rings. The summed E-state index contributed by atoms with van der Waals surface area (Å²) in [6, 6.07) is 5.54. The number of ether oxygens (including phenoxy) is 2. The van der Waals surface area contributed by atoms with Crippen LogP contribution in [0.25, 0.3) is 0 Å². The zero-order valence-corrected chi connectivity index (χ0v) is 19.4. The van der Waals surface area contributed by atoms with Gasteiger partial charge in [-0.25, -0.2) is 4.98 Å². The molecule has 2 bridgehead atoms. The fourth-order valence-corrected chi connectivity index (χ4v) is 3.81. The number of aromatic nitrogens is 2. The number of anilines is 2. The number of hydrogen-bond acceptors (Lipinski definition) is 7. The Balaban J connectivity index is 1.71. The summed E-state index contributed by atoms with van der Waals surface area (Å²) in [5.74, 6) is 2.96.